The molecule has 0 saturated carbocycles. The summed E-state index contributed by atoms with van der Waals surface area (Å²) < 4.78 is 8.14. The summed E-state index contributed by atoms with van der Waals surface area (Å²) in [5, 5.41) is 3.97. The zero-order chi connectivity index (χ0) is 14.7. The lowest BCUT2D eigenvalue weighted by Gasteiger charge is -2.14. The van der Waals surface area contributed by atoms with Crippen molar-refractivity contribution in [3.63, 3.8) is 0 Å². The molecule has 0 aliphatic rings. The van der Waals surface area contributed by atoms with E-state index in [1.807, 2.05) is 25.1 Å². The van der Waals surface area contributed by atoms with Crippen molar-refractivity contribution >= 4 is 72.1 Å². The fourth-order valence-corrected chi connectivity index (χ4v) is 4.30. The Kier molecular flexibility index (Phi) is 6.05. The molecule has 1 aromatic heterocycles. The van der Waals surface area contributed by atoms with E-state index in [1.54, 1.807) is 0 Å². The predicted octanol–water partition coefficient (Wildman–Crippen LogP) is 6.59. The average Bonchev–Trinajstić information content (AvgIpc) is 2.70. The third-order valence-corrected chi connectivity index (χ3v) is 5.73. The van der Waals surface area contributed by atoms with Gasteiger partial charge in [0.2, 0.25) is 0 Å². The Bertz CT molecular complexity index is 599. The topological polar surface area (TPSA) is 21.3 Å². The SMILES string of the molecule is CCOc1c(Br)cc(Cl)cc1NCc1cc(Br)c(Cl)s1. The van der Waals surface area contributed by atoms with Crippen molar-refractivity contribution in [1.29, 1.82) is 0 Å². The molecule has 0 bridgehead atoms. The second-order valence-corrected chi connectivity index (χ2v) is 7.77. The summed E-state index contributed by atoms with van der Waals surface area (Å²) in [4.78, 5) is 1.13. The molecule has 0 aliphatic heterocycles. The van der Waals surface area contributed by atoms with Crippen LogP contribution in [0.4, 0.5) is 5.69 Å². The first-order valence-electron chi connectivity index (χ1n) is 5.80. The van der Waals surface area contributed by atoms with Gasteiger partial charge in [0.1, 0.15) is 4.34 Å². The maximum absolute atomic E-state index is 6.08. The molecule has 0 fully saturated rings. The van der Waals surface area contributed by atoms with E-state index in [9.17, 15) is 0 Å². The van der Waals surface area contributed by atoms with Crippen LogP contribution in [0.25, 0.3) is 0 Å². The quantitative estimate of drug-likeness (QED) is 0.544. The van der Waals surface area contributed by atoms with Gasteiger partial charge in [-0.3, -0.25) is 0 Å². The van der Waals surface area contributed by atoms with E-state index in [0.29, 0.717) is 18.2 Å². The lowest BCUT2D eigenvalue weighted by molar-refractivity contribution is 0.339. The fourth-order valence-electron chi connectivity index (χ4n) is 1.64. The van der Waals surface area contributed by atoms with Crippen LogP contribution in [-0.2, 0) is 6.54 Å². The predicted molar refractivity (Wildman–Crippen MR) is 94.7 cm³/mol. The number of anilines is 1. The molecule has 0 aliphatic carbocycles. The van der Waals surface area contributed by atoms with Crippen LogP contribution in [0.15, 0.2) is 27.1 Å². The summed E-state index contributed by atoms with van der Waals surface area (Å²) in [7, 11) is 0. The highest BCUT2D eigenvalue weighted by molar-refractivity contribution is 9.11. The normalized spacial score (nSPS) is 10.7. The van der Waals surface area contributed by atoms with Crippen LogP contribution in [0.5, 0.6) is 5.75 Å². The number of nitrogens with one attached hydrogen (secondary N) is 1. The van der Waals surface area contributed by atoms with Gasteiger partial charge in [0, 0.05) is 20.9 Å². The molecule has 2 rings (SSSR count). The average molecular weight is 460 g/mol. The third-order valence-electron chi connectivity index (χ3n) is 2.45. The lowest BCUT2D eigenvalue weighted by atomic mass is 10.3. The molecule has 0 radical (unpaired) electrons. The molecule has 0 unspecified atom stereocenters. The minimum Gasteiger partial charge on any atom is -0.491 e. The van der Waals surface area contributed by atoms with E-state index >= 15 is 0 Å². The number of thiophene rings is 1. The molecule has 0 saturated heterocycles. The minimum atomic E-state index is 0.589. The van der Waals surface area contributed by atoms with Crippen LogP contribution in [0.3, 0.4) is 0 Å². The first kappa shape index (κ1) is 16.4. The van der Waals surface area contributed by atoms with E-state index in [0.717, 1.165) is 29.6 Å². The van der Waals surface area contributed by atoms with Crippen molar-refractivity contribution in [1.82, 2.24) is 0 Å². The molecular weight excluding hydrogens is 449 g/mol. The molecule has 1 N–H and O–H groups in total. The summed E-state index contributed by atoms with van der Waals surface area (Å²) in [5.74, 6) is 0.763. The van der Waals surface area contributed by atoms with Gasteiger partial charge in [-0.1, -0.05) is 23.2 Å². The Morgan fingerprint density at radius 3 is 2.55 bits per heavy atom. The first-order chi connectivity index (χ1) is 9.51. The molecule has 0 spiro atoms. The van der Waals surface area contributed by atoms with Crippen LogP contribution in [0.2, 0.25) is 9.36 Å². The minimum absolute atomic E-state index is 0.589. The van der Waals surface area contributed by atoms with E-state index in [1.165, 1.54) is 11.3 Å². The maximum atomic E-state index is 6.08. The van der Waals surface area contributed by atoms with Crippen molar-refractivity contribution in [2.24, 2.45) is 0 Å². The van der Waals surface area contributed by atoms with Gasteiger partial charge < -0.3 is 10.1 Å². The molecule has 108 valence electrons. The first-order valence-corrected chi connectivity index (χ1v) is 8.96. The zero-order valence-electron chi connectivity index (χ0n) is 10.5. The monoisotopic (exact) mass is 457 g/mol. The summed E-state index contributed by atoms with van der Waals surface area (Å²) in [6.07, 6.45) is 0. The number of hydrogen-bond donors (Lipinski definition) is 1. The van der Waals surface area contributed by atoms with Crippen LogP contribution in [0, 0.1) is 0 Å². The van der Waals surface area contributed by atoms with E-state index in [4.69, 9.17) is 27.9 Å². The largest absolute Gasteiger partial charge is 0.491 e. The van der Waals surface area contributed by atoms with Crippen molar-refractivity contribution < 1.29 is 4.74 Å². The number of rotatable bonds is 5. The molecule has 1 aromatic carbocycles. The van der Waals surface area contributed by atoms with Crippen LogP contribution in [-0.4, -0.2) is 6.61 Å². The standard InChI is InChI=1S/C13H11Br2Cl2NOS/c1-2-19-12-9(14)3-7(16)4-11(12)18-6-8-5-10(15)13(17)20-8/h3-5,18H,2,6H2,1H3. The Hall–Kier alpha value is 0.0600. The second kappa shape index (κ2) is 7.36. The molecule has 1 heterocycles. The van der Waals surface area contributed by atoms with Crippen LogP contribution >= 0.6 is 66.4 Å². The highest BCUT2D eigenvalue weighted by Crippen LogP contribution is 2.38. The Morgan fingerprint density at radius 2 is 1.95 bits per heavy atom. The van der Waals surface area contributed by atoms with Crippen molar-refractivity contribution in [3.8, 4) is 5.75 Å². The lowest BCUT2D eigenvalue weighted by Crippen LogP contribution is -2.02. The number of halogens is 4. The van der Waals surface area contributed by atoms with Gasteiger partial charge in [-0.25, -0.2) is 0 Å². The molecule has 2 nitrogen and oxygen atoms in total. The van der Waals surface area contributed by atoms with Crippen molar-refractivity contribution in [2.45, 2.75) is 13.5 Å². The van der Waals surface area contributed by atoms with Gasteiger partial charge in [-0.15, -0.1) is 11.3 Å². The molecule has 20 heavy (non-hydrogen) atoms. The van der Waals surface area contributed by atoms with Gasteiger partial charge in [-0.2, -0.15) is 0 Å². The molecule has 0 atom stereocenters. The van der Waals surface area contributed by atoms with Crippen molar-refractivity contribution in [2.75, 3.05) is 11.9 Å². The number of ether oxygens (including phenoxy) is 1. The van der Waals surface area contributed by atoms with E-state index in [-0.39, 0.29) is 0 Å². The fraction of sp³-hybridized carbons (Fsp3) is 0.231. The zero-order valence-corrected chi connectivity index (χ0v) is 16.0. The second-order valence-electron chi connectivity index (χ2n) is 3.89. The summed E-state index contributed by atoms with van der Waals surface area (Å²) in [6.45, 7) is 3.19. The summed E-state index contributed by atoms with van der Waals surface area (Å²) in [6, 6.07) is 5.66. The summed E-state index contributed by atoms with van der Waals surface area (Å²) >= 11 is 20.5. The van der Waals surface area contributed by atoms with Crippen LogP contribution in [0.1, 0.15) is 11.8 Å². The maximum Gasteiger partial charge on any atom is 0.156 e. The Morgan fingerprint density at radius 1 is 1.20 bits per heavy atom. The molecular formula is C13H11Br2Cl2NOS. The van der Waals surface area contributed by atoms with Crippen molar-refractivity contribution in [3.05, 3.63) is 41.4 Å². The third kappa shape index (κ3) is 4.04. The summed E-state index contributed by atoms with van der Waals surface area (Å²) in [5.41, 5.74) is 0.854. The molecule has 2 aromatic rings. The van der Waals surface area contributed by atoms with E-state index < -0.39 is 0 Å². The van der Waals surface area contributed by atoms with Crippen LogP contribution < -0.4 is 10.1 Å². The van der Waals surface area contributed by atoms with Gasteiger partial charge in [0.05, 0.1) is 16.8 Å². The van der Waals surface area contributed by atoms with Gasteiger partial charge in [0.25, 0.3) is 0 Å². The smallest absolute Gasteiger partial charge is 0.156 e. The van der Waals surface area contributed by atoms with E-state index in [2.05, 4.69) is 37.2 Å². The van der Waals surface area contributed by atoms with Gasteiger partial charge in [0.15, 0.2) is 5.75 Å². The van der Waals surface area contributed by atoms with Gasteiger partial charge in [-0.05, 0) is 57.0 Å². The highest BCUT2D eigenvalue weighted by atomic mass is 79.9. The molecule has 7 heteroatoms. The number of benzene rings is 1. The Labute approximate surface area is 148 Å². The number of hydrogen-bond acceptors (Lipinski definition) is 3. The highest BCUT2D eigenvalue weighted by Gasteiger charge is 2.11. The Balaban J connectivity index is 2.19. The van der Waals surface area contributed by atoms with Gasteiger partial charge >= 0.3 is 0 Å². The molecule has 0 amide bonds.